The summed E-state index contributed by atoms with van der Waals surface area (Å²) in [5.41, 5.74) is 7.76. The van der Waals surface area contributed by atoms with Gasteiger partial charge in [-0.1, -0.05) is 72.8 Å². The quantitative estimate of drug-likeness (QED) is 0.280. The molecule has 2 heterocycles. The maximum atomic E-state index is 6.25. The maximum absolute atomic E-state index is 6.25. The average molecular weight is 409 g/mol. The standard InChI is InChI=1S/C30H19NO/c1-2-8-20(9-3-1)21-14-16-25-26-19-22(15-17-29(26)32-30(25)18-21)31-27-12-6-4-10-23(27)24-11-5-7-13-28(24)31/h1-19H. The first-order valence-corrected chi connectivity index (χ1v) is 10.9. The lowest BCUT2D eigenvalue weighted by Crippen LogP contribution is -1.93. The van der Waals surface area contributed by atoms with Crippen LogP contribution in [-0.2, 0) is 0 Å². The molecule has 150 valence electrons. The fraction of sp³-hybridized carbons (Fsp3) is 0. The third-order valence-corrected chi connectivity index (χ3v) is 6.40. The molecule has 0 atom stereocenters. The largest absolute Gasteiger partial charge is 0.456 e. The maximum Gasteiger partial charge on any atom is 0.136 e. The zero-order valence-electron chi connectivity index (χ0n) is 17.3. The van der Waals surface area contributed by atoms with E-state index in [9.17, 15) is 0 Å². The van der Waals surface area contributed by atoms with Crippen molar-refractivity contribution in [1.29, 1.82) is 0 Å². The molecule has 0 aliphatic rings. The van der Waals surface area contributed by atoms with Crippen LogP contribution in [0.15, 0.2) is 120 Å². The zero-order valence-corrected chi connectivity index (χ0v) is 17.3. The third-order valence-electron chi connectivity index (χ3n) is 6.40. The van der Waals surface area contributed by atoms with E-state index in [1.54, 1.807) is 0 Å². The van der Waals surface area contributed by atoms with Gasteiger partial charge in [-0.3, -0.25) is 0 Å². The molecule has 0 aliphatic heterocycles. The summed E-state index contributed by atoms with van der Waals surface area (Å²) in [5, 5.41) is 4.82. The van der Waals surface area contributed by atoms with Crippen LogP contribution in [0, 0.1) is 0 Å². The van der Waals surface area contributed by atoms with Crippen LogP contribution in [0.5, 0.6) is 0 Å². The van der Waals surface area contributed by atoms with E-state index in [4.69, 9.17) is 4.42 Å². The van der Waals surface area contributed by atoms with Crippen molar-refractivity contribution in [3.05, 3.63) is 115 Å². The predicted octanol–water partition coefficient (Wildman–Crippen LogP) is 8.35. The molecule has 0 radical (unpaired) electrons. The van der Waals surface area contributed by atoms with Crippen LogP contribution < -0.4 is 0 Å². The normalized spacial score (nSPS) is 11.8. The summed E-state index contributed by atoms with van der Waals surface area (Å²) in [7, 11) is 0. The minimum absolute atomic E-state index is 0.912. The number of para-hydroxylation sites is 2. The Bertz CT molecular complexity index is 1720. The van der Waals surface area contributed by atoms with Crippen LogP contribution in [0.25, 0.3) is 60.6 Å². The van der Waals surface area contributed by atoms with E-state index in [2.05, 4.69) is 114 Å². The van der Waals surface area contributed by atoms with Crippen molar-refractivity contribution < 1.29 is 4.42 Å². The molecule has 0 unspecified atom stereocenters. The van der Waals surface area contributed by atoms with Crippen molar-refractivity contribution in [2.75, 3.05) is 0 Å². The van der Waals surface area contributed by atoms with E-state index in [0.29, 0.717) is 0 Å². The van der Waals surface area contributed by atoms with Gasteiger partial charge >= 0.3 is 0 Å². The van der Waals surface area contributed by atoms with E-state index in [-0.39, 0.29) is 0 Å². The van der Waals surface area contributed by atoms with Gasteiger partial charge in [0.15, 0.2) is 0 Å². The summed E-state index contributed by atoms with van der Waals surface area (Å²) in [5.74, 6) is 0. The van der Waals surface area contributed by atoms with Crippen molar-refractivity contribution in [3.8, 4) is 16.8 Å². The molecule has 0 N–H and O–H groups in total. The smallest absolute Gasteiger partial charge is 0.136 e. The topological polar surface area (TPSA) is 18.1 Å². The fourth-order valence-corrected chi connectivity index (χ4v) is 4.92. The monoisotopic (exact) mass is 409 g/mol. The molecule has 2 aromatic heterocycles. The third kappa shape index (κ3) is 2.47. The average Bonchev–Trinajstić information content (AvgIpc) is 3.39. The van der Waals surface area contributed by atoms with Crippen molar-refractivity contribution in [3.63, 3.8) is 0 Å². The van der Waals surface area contributed by atoms with E-state index in [1.165, 1.54) is 32.9 Å². The lowest BCUT2D eigenvalue weighted by molar-refractivity contribution is 0.669. The second-order valence-electron chi connectivity index (χ2n) is 8.23. The van der Waals surface area contributed by atoms with Crippen LogP contribution >= 0.6 is 0 Å². The molecular formula is C30H19NO. The number of aromatic nitrogens is 1. The Morgan fingerprint density at radius 2 is 1.12 bits per heavy atom. The SMILES string of the molecule is c1ccc(-c2ccc3c(c2)oc2ccc(-n4c5ccccc5c5ccccc54)cc23)cc1. The first-order valence-electron chi connectivity index (χ1n) is 10.9. The second kappa shape index (κ2) is 6.60. The molecule has 5 aromatic carbocycles. The van der Waals surface area contributed by atoms with Crippen LogP contribution in [-0.4, -0.2) is 4.57 Å². The molecule has 0 fully saturated rings. The van der Waals surface area contributed by atoms with Gasteiger partial charge in [0.1, 0.15) is 11.2 Å². The molecule has 32 heavy (non-hydrogen) atoms. The number of nitrogens with zero attached hydrogens (tertiary/aromatic N) is 1. The summed E-state index contributed by atoms with van der Waals surface area (Å²) >= 11 is 0. The molecular weight excluding hydrogens is 390 g/mol. The lowest BCUT2D eigenvalue weighted by Gasteiger charge is -2.08. The molecule has 0 saturated carbocycles. The Labute approximate surface area is 184 Å². The number of rotatable bonds is 2. The highest BCUT2D eigenvalue weighted by molar-refractivity contribution is 6.10. The number of benzene rings is 5. The molecule has 2 nitrogen and oxygen atoms in total. The van der Waals surface area contributed by atoms with Gasteiger partial charge in [0.25, 0.3) is 0 Å². The molecule has 7 rings (SSSR count). The predicted molar refractivity (Wildman–Crippen MR) is 133 cm³/mol. The Balaban J connectivity index is 1.48. The highest BCUT2D eigenvalue weighted by Gasteiger charge is 2.14. The Hall–Kier alpha value is -4.30. The number of hydrogen-bond donors (Lipinski definition) is 0. The van der Waals surface area contributed by atoms with Crippen molar-refractivity contribution >= 4 is 43.7 Å². The Morgan fingerprint density at radius 3 is 1.88 bits per heavy atom. The van der Waals surface area contributed by atoms with Crippen LogP contribution in [0.4, 0.5) is 0 Å². The van der Waals surface area contributed by atoms with Gasteiger partial charge in [-0.25, -0.2) is 0 Å². The first kappa shape index (κ1) is 17.4. The van der Waals surface area contributed by atoms with Crippen LogP contribution in [0.1, 0.15) is 0 Å². The van der Waals surface area contributed by atoms with Gasteiger partial charge in [0, 0.05) is 27.2 Å². The van der Waals surface area contributed by atoms with E-state index < -0.39 is 0 Å². The number of furan rings is 1. The van der Waals surface area contributed by atoms with Gasteiger partial charge in [0.2, 0.25) is 0 Å². The summed E-state index contributed by atoms with van der Waals surface area (Å²) < 4.78 is 8.60. The van der Waals surface area contributed by atoms with Gasteiger partial charge < -0.3 is 8.98 Å². The molecule has 2 heteroatoms. The number of fused-ring (bicyclic) bond motifs is 6. The zero-order chi connectivity index (χ0) is 21.1. The van der Waals surface area contributed by atoms with E-state index in [1.807, 2.05) is 6.07 Å². The van der Waals surface area contributed by atoms with Crippen molar-refractivity contribution in [2.24, 2.45) is 0 Å². The van der Waals surface area contributed by atoms with Gasteiger partial charge in [0.05, 0.1) is 11.0 Å². The Kier molecular flexibility index (Phi) is 3.58. The fourth-order valence-electron chi connectivity index (χ4n) is 4.92. The summed E-state index contributed by atoms with van der Waals surface area (Å²) in [4.78, 5) is 0. The summed E-state index contributed by atoms with van der Waals surface area (Å²) in [6.07, 6.45) is 0. The van der Waals surface area contributed by atoms with E-state index in [0.717, 1.165) is 27.6 Å². The van der Waals surface area contributed by atoms with Crippen molar-refractivity contribution in [2.45, 2.75) is 0 Å². The summed E-state index contributed by atoms with van der Waals surface area (Å²) in [6, 6.07) is 40.6. The molecule has 0 bridgehead atoms. The number of hydrogen-bond acceptors (Lipinski definition) is 1. The van der Waals surface area contributed by atoms with Crippen LogP contribution in [0.3, 0.4) is 0 Å². The highest BCUT2D eigenvalue weighted by atomic mass is 16.3. The van der Waals surface area contributed by atoms with Gasteiger partial charge in [-0.2, -0.15) is 0 Å². The highest BCUT2D eigenvalue weighted by Crippen LogP contribution is 2.36. The first-order chi connectivity index (χ1) is 15.9. The minimum atomic E-state index is 0.912. The minimum Gasteiger partial charge on any atom is -0.456 e. The molecule has 0 saturated heterocycles. The Morgan fingerprint density at radius 1 is 0.438 bits per heavy atom. The van der Waals surface area contributed by atoms with Gasteiger partial charge in [-0.15, -0.1) is 0 Å². The summed E-state index contributed by atoms with van der Waals surface area (Å²) in [6.45, 7) is 0. The molecule has 0 aliphatic carbocycles. The van der Waals surface area contributed by atoms with Crippen molar-refractivity contribution in [1.82, 2.24) is 4.57 Å². The van der Waals surface area contributed by atoms with Crippen LogP contribution in [0.2, 0.25) is 0 Å². The molecule has 0 amide bonds. The second-order valence-corrected chi connectivity index (χ2v) is 8.23. The molecule has 0 spiro atoms. The van der Waals surface area contributed by atoms with E-state index >= 15 is 0 Å². The molecule has 7 aromatic rings. The van der Waals surface area contributed by atoms with Gasteiger partial charge in [-0.05, 0) is 53.6 Å². The lowest BCUT2D eigenvalue weighted by atomic mass is 10.0.